The second-order valence-corrected chi connectivity index (χ2v) is 11.1. The van der Waals surface area contributed by atoms with E-state index in [0.717, 1.165) is 54.5 Å². The first-order chi connectivity index (χ1) is 17.5. The number of nitrogens with zero attached hydrogens (tertiary/aromatic N) is 6. The Balaban J connectivity index is 1.05. The number of aryl methyl sites for hydroxylation is 2. The number of hydrogen-bond acceptors (Lipinski definition) is 6. The second-order valence-electron chi connectivity index (χ2n) is 9.96. The van der Waals surface area contributed by atoms with E-state index in [-0.39, 0.29) is 17.7 Å². The summed E-state index contributed by atoms with van der Waals surface area (Å²) in [5, 5.41) is 5.44. The molecule has 9 heteroatoms. The molecule has 4 heterocycles. The second kappa shape index (κ2) is 9.44. The van der Waals surface area contributed by atoms with Crippen LogP contribution in [-0.2, 0) is 4.79 Å². The maximum absolute atomic E-state index is 13.1. The summed E-state index contributed by atoms with van der Waals surface area (Å²) >= 11 is 1.70. The van der Waals surface area contributed by atoms with Crippen molar-refractivity contribution < 1.29 is 9.59 Å². The predicted octanol–water partition coefficient (Wildman–Crippen LogP) is 3.78. The Kier molecular flexibility index (Phi) is 6.13. The molecule has 3 aliphatic heterocycles. The number of amides is 2. The first-order valence-corrected chi connectivity index (χ1v) is 13.5. The summed E-state index contributed by atoms with van der Waals surface area (Å²) in [6, 6.07) is 9.68. The number of rotatable bonds is 4. The molecule has 1 unspecified atom stereocenters. The number of benzene rings is 1. The Hall–Kier alpha value is -3.04. The van der Waals surface area contributed by atoms with Gasteiger partial charge in [0.05, 0.1) is 23.0 Å². The van der Waals surface area contributed by atoms with Crippen LogP contribution in [0.3, 0.4) is 0 Å². The van der Waals surface area contributed by atoms with Gasteiger partial charge in [-0.2, -0.15) is 10.1 Å². The Morgan fingerprint density at radius 3 is 2.50 bits per heavy atom. The summed E-state index contributed by atoms with van der Waals surface area (Å²) in [6.07, 6.45) is 4.43. The van der Waals surface area contributed by atoms with Gasteiger partial charge in [0.15, 0.2) is 0 Å². The Bertz CT molecular complexity index is 1310. The van der Waals surface area contributed by atoms with Crippen LogP contribution in [0.1, 0.15) is 47.4 Å². The normalized spacial score (nSPS) is 22.3. The molecular weight excluding hydrogens is 472 g/mol. The third-order valence-corrected chi connectivity index (χ3v) is 8.65. The number of piperazine rings is 1. The molecule has 2 amide bonds. The van der Waals surface area contributed by atoms with Crippen molar-refractivity contribution in [2.45, 2.75) is 39.5 Å². The molecule has 1 aromatic carbocycles. The highest BCUT2D eigenvalue weighted by Crippen LogP contribution is 2.47. The maximum atomic E-state index is 13.1. The molecule has 1 aliphatic carbocycles. The molecule has 6 rings (SSSR count). The first kappa shape index (κ1) is 23.4. The lowest BCUT2D eigenvalue weighted by molar-refractivity contribution is -0.118. The van der Waals surface area contributed by atoms with Crippen LogP contribution in [0.4, 0.5) is 0 Å². The molecule has 0 radical (unpaired) electrons. The van der Waals surface area contributed by atoms with Crippen molar-refractivity contribution in [3.8, 4) is 5.69 Å². The van der Waals surface area contributed by atoms with E-state index in [9.17, 15) is 9.59 Å². The number of amidine groups is 1. The van der Waals surface area contributed by atoms with Crippen LogP contribution < -0.4 is 0 Å². The Labute approximate surface area is 215 Å². The van der Waals surface area contributed by atoms with E-state index in [1.54, 1.807) is 11.8 Å². The monoisotopic (exact) mass is 502 g/mol. The highest BCUT2D eigenvalue weighted by atomic mass is 32.2. The van der Waals surface area contributed by atoms with Gasteiger partial charge in [0, 0.05) is 37.4 Å². The van der Waals surface area contributed by atoms with Gasteiger partial charge in [0.1, 0.15) is 11.8 Å². The molecule has 1 fully saturated rings. The standard InChI is InChI=1S/C27H30N6O2S/c1-17-15-18(2)33(30-17)20-9-7-19(8-10-20)27(35)32-13-11-31(12-14-32)16-23-28-25(34)24-21-5-3-4-6-22(21)36-26(24)29-23/h7-10,15,24H,3-6,11-14,16H2,1-2H3. The molecule has 4 aliphatic rings. The lowest BCUT2D eigenvalue weighted by atomic mass is 9.89. The average Bonchev–Trinajstić information content (AvgIpc) is 3.43. The van der Waals surface area contributed by atoms with E-state index in [0.29, 0.717) is 31.0 Å². The molecule has 36 heavy (non-hydrogen) atoms. The molecule has 0 spiro atoms. The van der Waals surface area contributed by atoms with Gasteiger partial charge in [-0.1, -0.05) is 11.8 Å². The number of hydrogen-bond donors (Lipinski definition) is 0. The molecule has 0 saturated carbocycles. The number of fused-ring (bicyclic) bond motifs is 2. The van der Waals surface area contributed by atoms with Crippen molar-refractivity contribution >= 4 is 34.5 Å². The van der Waals surface area contributed by atoms with E-state index >= 15 is 0 Å². The van der Waals surface area contributed by atoms with Crippen molar-refractivity contribution in [2.24, 2.45) is 15.9 Å². The lowest BCUT2D eigenvalue weighted by Gasteiger charge is -2.34. The number of carbonyl (C=O) groups is 2. The number of allylic oxidation sites excluding steroid dienone is 1. The van der Waals surface area contributed by atoms with Crippen LogP contribution in [0.15, 0.2) is 50.8 Å². The van der Waals surface area contributed by atoms with Crippen LogP contribution >= 0.6 is 11.8 Å². The molecule has 186 valence electrons. The van der Waals surface area contributed by atoms with Crippen LogP contribution in [0.25, 0.3) is 5.69 Å². The molecule has 1 saturated heterocycles. The summed E-state index contributed by atoms with van der Waals surface area (Å²) in [5.74, 6) is 0.392. The number of aromatic nitrogens is 2. The van der Waals surface area contributed by atoms with Crippen LogP contribution in [0.2, 0.25) is 0 Å². The van der Waals surface area contributed by atoms with Gasteiger partial charge in [0.25, 0.3) is 11.8 Å². The SMILES string of the molecule is Cc1cc(C)n(-c2ccc(C(=O)N3CCN(CC4=NC(=O)C5C(=N4)SC4=C5CCCC4)CC3)cc2)n1. The van der Waals surface area contributed by atoms with Gasteiger partial charge in [-0.25, -0.2) is 9.67 Å². The number of aliphatic imine (C=N–C) groups is 2. The van der Waals surface area contributed by atoms with Crippen molar-refractivity contribution in [1.82, 2.24) is 19.6 Å². The Morgan fingerprint density at radius 1 is 1.03 bits per heavy atom. The van der Waals surface area contributed by atoms with Gasteiger partial charge in [-0.3, -0.25) is 14.5 Å². The number of carbonyl (C=O) groups excluding carboxylic acids is 2. The fourth-order valence-corrected chi connectivity index (χ4v) is 6.90. The third-order valence-electron chi connectivity index (χ3n) is 7.40. The highest BCUT2D eigenvalue weighted by Gasteiger charge is 2.40. The zero-order chi connectivity index (χ0) is 24.8. The van der Waals surface area contributed by atoms with E-state index in [1.165, 1.54) is 16.9 Å². The largest absolute Gasteiger partial charge is 0.336 e. The van der Waals surface area contributed by atoms with Crippen molar-refractivity contribution in [3.63, 3.8) is 0 Å². The van der Waals surface area contributed by atoms with E-state index in [1.807, 2.05) is 53.8 Å². The minimum absolute atomic E-state index is 0.0434. The van der Waals surface area contributed by atoms with Gasteiger partial charge >= 0.3 is 0 Å². The fraction of sp³-hybridized carbons (Fsp3) is 0.444. The average molecular weight is 503 g/mol. The quantitative estimate of drug-likeness (QED) is 0.636. The molecule has 0 N–H and O–H groups in total. The van der Waals surface area contributed by atoms with E-state index < -0.39 is 0 Å². The summed E-state index contributed by atoms with van der Waals surface area (Å²) in [6.45, 7) is 7.30. The van der Waals surface area contributed by atoms with Crippen molar-refractivity contribution in [1.29, 1.82) is 0 Å². The van der Waals surface area contributed by atoms with Crippen LogP contribution in [0.5, 0.6) is 0 Å². The number of thioether (sulfide) groups is 1. The minimum atomic E-state index is -0.212. The third kappa shape index (κ3) is 4.35. The topological polar surface area (TPSA) is 83.2 Å². The van der Waals surface area contributed by atoms with Crippen LogP contribution in [0, 0.1) is 19.8 Å². The first-order valence-electron chi connectivity index (χ1n) is 12.7. The minimum Gasteiger partial charge on any atom is -0.336 e. The smallest absolute Gasteiger partial charge is 0.261 e. The molecule has 8 nitrogen and oxygen atoms in total. The lowest BCUT2D eigenvalue weighted by Crippen LogP contribution is -2.50. The molecular formula is C27H30N6O2S. The van der Waals surface area contributed by atoms with E-state index in [4.69, 9.17) is 4.99 Å². The Morgan fingerprint density at radius 2 is 1.78 bits per heavy atom. The van der Waals surface area contributed by atoms with Crippen LogP contribution in [-0.4, -0.2) is 75.0 Å². The molecule has 1 aromatic heterocycles. The highest BCUT2D eigenvalue weighted by molar-refractivity contribution is 8.17. The molecule has 0 bridgehead atoms. The van der Waals surface area contributed by atoms with Gasteiger partial charge in [-0.05, 0) is 80.3 Å². The summed E-state index contributed by atoms with van der Waals surface area (Å²) in [5.41, 5.74) is 4.94. The van der Waals surface area contributed by atoms with Gasteiger partial charge < -0.3 is 4.90 Å². The fourth-order valence-electron chi connectivity index (χ4n) is 5.54. The predicted molar refractivity (Wildman–Crippen MR) is 142 cm³/mol. The summed E-state index contributed by atoms with van der Waals surface area (Å²) < 4.78 is 1.89. The zero-order valence-corrected chi connectivity index (χ0v) is 21.6. The maximum Gasteiger partial charge on any atom is 0.261 e. The molecule has 2 aromatic rings. The summed E-state index contributed by atoms with van der Waals surface area (Å²) in [7, 11) is 0. The summed E-state index contributed by atoms with van der Waals surface area (Å²) in [4.78, 5) is 40.6. The zero-order valence-electron chi connectivity index (χ0n) is 20.7. The van der Waals surface area contributed by atoms with Gasteiger partial charge in [0.2, 0.25) is 0 Å². The molecule has 1 atom stereocenters. The van der Waals surface area contributed by atoms with Gasteiger partial charge in [-0.15, -0.1) is 0 Å². The van der Waals surface area contributed by atoms with Crippen molar-refractivity contribution in [2.75, 3.05) is 32.7 Å². The van der Waals surface area contributed by atoms with E-state index in [2.05, 4.69) is 15.0 Å². The van der Waals surface area contributed by atoms with Crippen molar-refractivity contribution in [3.05, 3.63) is 57.8 Å².